The lowest BCUT2D eigenvalue weighted by atomic mass is 9.96. The predicted molar refractivity (Wildman–Crippen MR) is 305 cm³/mol. The minimum absolute atomic E-state index is 0.249. The van der Waals surface area contributed by atoms with Crippen LogP contribution < -0.4 is 5.32 Å². The van der Waals surface area contributed by atoms with Crippen molar-refractivity contribution >= 4 is 5.91 Å². The van der Waals surface area contributed by atoms with E-state index < -0.39 is 124 Å². The molecule has 0 radical (unpaired) electrons. The monoisotopic (exact) mass is 1150 g/mol. The third kappa shape index (κ3) is 28.2. The van der Waals surface area contributed by atoms with Crippen LogP contribution in [0.3, 0.4) is 0 Å². The third-order valence-electron chi connectivity index (χ3n) is 16.3. The Morgan fingerprint density at radius 3 is 1.18 bits per heavy atom. The van der Waals surface area contributed by atoms with Gasteiger partial charge in [0.15, 0.2) is 18.9 Å². The minimum Gasteiger partial charge on any atom is -0.394 e. The van der Waals surface area contributed by atoms with Crippen molar-refractivity contribution in [2.75, 3.05) is 26.4 Å². The number of aliphatic hydroxyl groups excluding tert-OH is 11. The second-order valence-electron chi connectivity index (χ2n) is 23.2. The number of aliphatic hydroxyl groups is 11. The summed E-state index contributed by atoms with van der Waals surface area (Å²) < 4.78 is 34.3. The molecule has 12 N–H and O–H groups in total. The second-order valence-corrected chi connectivity index (χ2v) is 23.2. The zero-order valence-electron chi connectivity index (χ0n) is 49.3. The SMILES string of the molecule is CCCCCCCCCCCCCCCCCC/C=C/C(O)C(COC1OC(CO)C(OC2OC(CO)C(OC3OC(CO)C(O)C(O)C3O)C(O)C2O)C(O)C1O)NC(=O)CCCCCCCCCCCCCCCCCCC. The van der Waals surface area contributed by atoms with Crippen molar-refractivity contribution in [3.63, 3.8) is 0 Å². The predicted octanol–water partition coefficient (Wildman–Crippen LogP) is 6.55. The first-order valence-corrected chi connectivity index (χ1v) is 31.9. The van der Waals surface area contributed by atoms with E-state index in [-0.39, 0.29) is 18.9 Å². The van der Waals surface area contributed by atoms with Crippen molar-refractivity contribution in [1.29, 1.82) is 0 Å². The highest BCUT2D eigenvalue weighted by molar-refractivity contribution is 5.76. The molecule has 472 valence electrons. The van der Waals surface area contributed by atoms with Crippen LogP contribution in [0.2, 0.25) is 0 Å². The van der Waals surface area contributed by atoms with Gasteiger partial charge in [0, 0.05) is 6.42 Å². The van der Waals surface area contributed by atoms with E-state index in [0.29, 0.717) is 6.42 Å². The molecule has 17 atom stereocenters. The van der Waals surface area contributed by atoms with Crippen LogP contribution in [0.15, 0.2) is 12.2 Å². The van der Waals surface area contributed by atoms with Crippen molar-refractivity contribution in [2.45, 2.75) is 343 Å². The number of allylic oxidation sites excluding steroid dienone is 1. The zero-order valence-corrected chi connectivity index (χ0v) is 49.3. The van der Waals surface area contributed by atoms with Gasteiger partial charge in [-0.3, -0.25) is 4.79 Å². The molecule has 3 aliphatic rings. The van der Waals surface area contributed by atoms with Gasteiger partial charge in [0.1, 0.15) is 73.2 Å². The molecule has 19 nitrogen and oxygen atoms in total. The Morgan fingerprint density at radius 1 is 0.438 bits per heavy atom. The summed E-state index contributed by atoms with van der Waals surface area (Å²) in [5.41, 5.74) is 0. The fraction of sp³-hybridized carbons (Fsp3) is 0.951. The first-order valence-electron chi connectivity index (χ1n) is 31.9. The summed E-state index contributed by atoms with van der Waals surface area (Å²) in [7, 11) is 0. The van der Waals surface area contributed by atoms with E-state index in [2.05, 4.69) is 19.2 Å². The van der Waals surface area contributed by atoms with Crippen molar-refractivity contribution in [2.24, 2.45) is 0 Å². The molecule has 3 aliphatic heterocycles. The maximum Gasteiger partial charge on any atom is 0.220 e. The highest BCUT2D eigenvalue weighted by atomic mass is 16.8. The number of amides is 1. The van der Waals surface area contributed by atoms with Crippen molar-refractivity contribution < 1.29 is 89.4 Å². The average molecular weight is 1150 g/mol. The molecular weight excluding hydrogens is 1030 g/mol. The molecule has 3 fully saturated rings. The molecule has 0 aromatic rings. The van der Waals surface area contributed by atoms with Gasteiger partial charge >= 0.3 is 0 Å². The minimum atomic E-state index is -1.97. The van der Waals surface area contributed by atoms with Gasteiger partial charge in [-0.2, -0.15) is 0 Å². The summed E-state index contributed by atoms with van der Waals surface area (Å²) in [6.45, 7) is 1.75. The number of hydrogen-bond acceptors (Lipinski definition) is 18. The van der Waals surface area contributed by atoms with Gasteiger partial charge in [-0.05, 0) is 19.3 Å². The lowest BCUT2D eigenvalue weighted by Crippen LogP contribution is -2.66. The van der Waals surface area contributed by atoms with Crippen LogP contribution in [0.5, 0.6) is 0 Å². The number of rotatable bonds is 48. The molecule has 0 aliphatic carbocycles. The number of unbranched alkanes of at least 4 members (excludes halogenated alkanes) is 32. The largest absolute Gasteiger partial charge is 0.394 e. The van der Waals surface area contributed by atoms with Crippen LogP contribution in [0.4, 0.5) is 0 Å². The number of carbonyl (C=O) groups is 1. The van der Waals surface area contributed by atoms with Crippen molar-refractivity contribution in [3.05, 3.63) is 12.2 Å². The fourth-order valence-corrected chi connectivity index (χ4v) is 11.1. The highest BCUT2D eigenvalue weighted by Gasteiger charge is 2.53. The summed E-state index contributed by atoms with van der Waals surface area (Å²) in [5, 5.41) is 120. The van der Waals surface area contributed by atoms with Crippen LogP contribution in [0.1, 0.15) is 239 Å². The molecule has 19 heteroatoms. The molecule has 0 aromatic heterocycles. The summed E-state index contributed by atoms with van der Waals surface area (Å²) >= 11 is 0. The Morgan fingerprint density at radius 2 is 0.775 bits per heavy atom. The van der Waals surface area contributed by atoms with E-state index in [4.69, 9.17) is 28.4 Å². The number of ether oxygens (including phenoxy) is 6. The van der Waals surface area contributed by atoms with Gasteiger partial charge < -0.3 is 89.9 Å². The molecule has 0 saturated carbocycles. The van der Waals surface area contributed by atoms with Gasteiger partial charge in [0.25, 0.3) is 0 Å². The topological polar surface area (TPSA) is 307 Å². The number of carbonyl (C=O) groups excluding carboxylic acids is 1. The molecule has 3 saturated heterocycles. The van der Waals surface area contributed by atoms with Crippen LogP contribution >= 0.6 is 0 Å². The number of hydrogen-bond donors (Lipinski definition) is 12. The first-order chi connectivity index (χ1) is 38.8. The standard InChI is InChI=1S/C61H115NO18/c1-3-5-7-9-11-13-15-17-19-21-23-24-26-28-30-32-34-36-38-45(66)44(62-49(67)39-37-35-33-31-29-27-25-22-20-18-16-14-12-10-8-6-4-2)43-75-59-55(73)52(70)57(47(41-64)77-59)80-61-56(74)53(71)58(48(42-65)78-61)79-60-54(72)51(69)50(68)46(40-63)76-60/h36,38,44-48,50-61,63-66,68-74H,3-35,37,39-43H2,1-2H3,(H,62,67)/b38-36+. The lowest BCUT2D eigenvalue weighted by Gasteiger charge is -2.48. The normalized spacial score (nSPS) is 30.0. The lowest BCUT2D eigenvalue weighted by molar-refractivity contribution is -0.379. The van der Waals surface area contributed by atoms with E-state index in [1.54, 1.807) is 6.08 Å². The summed E-state index contributed by atoms with van der Waals surface area (Å²) in [6.07, 6.45) is 19.0. The van der Waals surface area contributed by atoms with E-state index in [0.717, 1.165) is 44.9 Å². The Kier molecular flexibility index (Phi) is 40.9. The molecule has 1 amide bonds. The Hall–Kier alpha value is -1.47. The molecular formula is C61H115NO18. The maximum atomic E-state index is 13.3. The summed E-state index contributed by atoms with van der Waals surface area (Å²) in [6, 6.07) is -0.967. The van der Waals surface area contributed by atoms with E-state index >= 15 is 0 Å². The number of nitrogens with one attached hydrogen (secondary N) is 1. The third-order valence-corrected chi connectivity index (χ3v) is 16.3. The zero-order chi connectivity index (χ0) is 58.3. The van der Waals surface area contributed by atoms with E-state index in [1.807, 2.05) is 6.08 Å². The molecule has 17 unspecified atom stereocenters. The second kappa shape index (κ2) is 44.9. The van der Waals surface area contributed by atoms with Gasteiger partial charge in [-0.15, -0.1) is 0 Å². The average Bonchev–Trinajstić information content (AvgIpc) is 3.50. The Balaban J connectivity index is 1.49. The summed E-state index contributed by atoms with van der Waals surface area (Å²) in [5.74, 6) is -0.271. The molecule has 3 rings (SSSR count). The quantitative estimate of drug-likeness (QED) is 0.0227. The molecule has 3 heterocycles. The highest BCUT2D eigenvalue weighted by Crippen LogP contribution is 2.33. The molecule has 0 spiro atoms. The van der Waals surface area contributed by atoms with Gasteiger partial charge in [-0.25, -0.2) is 0 Å². The van der Waals surface area contributed by atoms with E-state index in [9.17, 15) is 61.0 Å². The smallest absolute Gasteiger partial charge is 0.220 e. The van der Waals surface area contributed by atoms with Gasteiger partial charge in [0.2, 0.25) is 5.91 Å². The fourth-order valence-electron chi connectivity index (χ4n) is 11.1. The van der Waals surface area contributed by atoms with Crippen LogP contribution in [0, 0.1) is 0 Å². The maximum absolute atomic E-state index is 13.3. The molecule has 0 aromatic carbocycles. The first kappa shape index (κ1) is 72.8. The van der Waals surface area contributed by atoms with Gasteiger partial charge in [0.05, 0.1) is 38.6 Å². The van der Waals surface area contributed by atoms with Gasteiger partial charge in [-0.1, -0.05) is 225 Å². The Labute approximate surface area is 480 Å². The van der Waals surface area contributed by atoms with Crippen LogP contribution in [-0.4, -0.2) is 193 Å². The van der Waals surface area contributed by atoms with Crippen molar-refractivity contribution in [1.82, 2.24) is 5.32 Å². The Bertz CT molecular complexity index is 1510. The van der Waals surface area contributed by atoms with Crippen LogP contribution in [0.25, 0.3) is 0 Å². The van der Waals surface area contributed by atoms with Crippen molar-refractivity contribution in [3.8, 4) is 0 Å². The van der Waals surface area contributed by atoms with Crippen LogP contribution in [-0.2, 0) is 33.2 Å². The molecule has 0 bridgehead atoms. The summed E-state index contributed by atoms with van der Waals surface area (Å²) in [4.78, 5) is 13.3. The van der Waals surface area contributed by atoms with E-state index in [1.165, 1.54) is 167 Å². The molecule has 80 heavy (non-hydrogen) atoms.